The molecule has 5 nitrogen and oxygen atoms in total. The molecule has 122 valence electrons. The number of nitrogens with one attached hydrogen (secondary N) is 1. The van der Waals surface area contributed by atoms with Gasteiger partial charge >= 0.3 is 0 Å². The molecule has 0 saturated carbocycles. The quantitative estimate of drug-likeness (QED) is 0.915. The molecule has 1 fully saturated rings. The number of hydrogen-bond donors (Lipinski definition) is 1. The van der Waals surface area contributed by atoms with Crippen molar-refractivity contribution in [2.24, 2.45) is 0 Å². The summed E-state index contributed by atoms with van der Waals surface area (Å²) in [6.45, 7) is 3.70. The predicted octanol–water partition coefficient (Wildman–Crippen LogP) is 2.62. The number of hydrogen-bond acceptors (Lipinski definition) is 5. The van der Waals surface area contributed by atoms with E-state index in [9.17, 15) is 4.79 Å². The number of carbonyl (C=O) groups is 1. The lowest BCUT2D eigenvalue weighted by atomic mass is 10.1. The average Bonchev–Trinajstić information content (AvgIpc) is 3.04. The topological polar surface area (TPSA) is 58.1 Å². The Morgan fingerprint density at radius 3 is 2.96 bits per heavy atom. The van der Waals surface area contributed by atoms with Crippen LogP contribution in [0.4, 0.5) is 5.13 Å². The maximum Gasteiger partial charge on any atom is 0.219 e. The third-order valence-electron chi connectivity index (χ3n) is 4.03. The fourth-order valence-electron chi connectivity index (χ4n) is 2.81. The lowest BCUT2D eigenvalue weighted by Crippen LogP contribution is -2.47. The molecular weight excluding hydrogens is 308 g/mol. The maximum absolute atomic E-state index is 11.6. The van der Waals surface area contributed by atoms with Gasteiger partial charge in [0.05, 0.1) is 0 Å². The van der Waals surface area contributed by atoms with Gasteiger partial charge in [0.1, 0.15) is 5.01 Å². The fourth-order valence-corrected chi connectivity index (χ4v) is 3.72. The van der Waals surface area contributed by atoms with Crippen molar-refractivity contribution in [1.82, 2.24) is 15.5 Å². The third-order valence-corrected chi connectivity index (χ3v) is 5.02. The van der Waals surface area contributed by atoms with Crippen molar-refractivity contribution in [3.05, 3.63) is 40.9 Å². The van der Waals surface area contributed by atoms with E-state index in [1.165, 1.54) is 5.56 Å². The molecule has 0 bridgehead atoms. The van der Waals surface area contributed by atoms with E-state index in [1.807, 2.05) is 25.1 Å². The molecule has 0 spiro atoms. The summed E-state index contributed by atoms with van der Waals surface area (Å²) in [6, 6.07) is 10.5. The van der Waals surface area contributed by atoms with Gasteiger partial charge in [-0.3, -0.25) is 4.79 Å². The summed E-state index contributed by atoms with van der Waals surface area (Å²) in [5.74, 6) is 0.124. The molecule has 1 aromatic carbocycles. The maximum atomic E-state index is 11.6. The minimum Gasteiger partial charge on any atom is -0.352 e. The van der Waals surface area contributed by atoms with E-state index in [4.69, 9.17) is 0 Å². The molecule has 1 atom stereocenters. The molecule has 0 unspecified atom stereocenters. The number of amides is 1. The lowest BCUT2D eigenvalue weighted by molar-refractivity contribution is -0.121. The molecule has 23 heavy (non-hydrogen) atoms. The fraction of sp³-hybridized carbons (Fsp3) is 0.471. The first-order valence-corrected chi connectivity index (χ1v) is 8.97. The van der Waals surface area contributed by atoms with E-state index in [0.29, 0.717) is 6.42 Å². The number of benzene rings is 1. The van der Waals surface area contributed by atoms with Crippen molar-refractivity contribution in [2.45, 2.75) is 38.6 Å². The van der Waals surface area contributed by atoms with Gasteiger partial charge in [-0.1, -0.05) is 48.6 Å². The SMILES string of the molecule is CCC(=O)N[C@H]1CCCN(c2nnc(Cc3ccccc3)s2)C1. The van der Waals surface area contributed by atoms with Crippen LogP contribution in [0.5, 0.6) is 0 Å². The second-order valence-corrected chi connectivity index (χ2v) is 6.89. The zero-order valence-corrected chi connectivity index (χ0v) is 14.2. The van der Waals surface area contributed by atoms with Gasteiger partial charge in [-0.25, -0.2) is 0 Å². The number of aromatic nitrogens is 2. The number of rotatable bonds is 5. The largest absolute Gasteiger partial charge is 0.352 e. The highest BCUT2D eigenvalue weighted by Crippen LogP contribution is 2.25. The number of nitrogens with zero attached hydrogens (tertiary/aromatic N) is 3. The highest BCUT2D eigenvalue weighted by molar-refractivity contribution is 7.15. The Morgan fingerprint density at radius 2 is 2.17 bits per heavy atom. The Morgan fingerprint density at radius 1 is 1.35 bits per heavy atom. The van der Waals surface area contributed by atoms with Gasteiger partial charge in [-0.2, -0.15) is 0 Å². The van der Waals surface area contributed by atoms with Gasteiger partial charge in [0.25, 0.3) is 0 Å². The average molecular weight is 330 g/mol. The summed E-state index contributed by atoms with van der Waals surface area (Å²) < 4.78 is 0. The van der Waals surface area contributed by atoms with Gasteiger partial charge in [0, 0.05) is 32.0 Å². The summed E-state index contributed by atoms with van der Waals surface area (Å²) in [5, 5.41) is 13.8. The molecule has 6 heteroatoms. The second-order valence-electron chi connectivity index (χ2n) is 5.85. The number of piperidine rings is 1. The van der Waals surface area contributed by atoms with Gasteiger partial charge < -0.3 is 10.2 Å². The van der Waals surface area contributed by atoms with Crippen molar-refractivity contribution < 1.29 is 4.79 Å². The van der Waals surface area contributed by atoms with Crippen LogP contribution in [0.2, 0.25) is 0 Å². The smallest absolute Gasteiger partial charge is 0.219 e. The molecule has 0 aliphatic carbocycles. The first kappa shape index (κ1) is 15.9. The summed E-state index contributed by atoms with van der Waals surface area (Å²) in [6.07, 6.45) is 3.47. The van der Waals surface area contributed by atoms with Crippen molar-refractivity contribution in [1.29, 1.82) is 0 Å². The lowest BCUT2D eigenvalue weighted by Gasteiger charge is -2.32. The zero-order valence-electron chi connectivity index (χ0n) is 13.4. The Balaban J connectivity index is 1.62. The monoisotopic (exact) mass is 330 g/mol. The van der Waals surface area contributed by atoms with Crippen LogP contribution in [-0.4, -0.2) is 35.2 Å². The highest BCUT2D eigenvalue weighted by Gasteiger charge is 2.23. The molecule has 1 aromatic heterocycles. The van der Waals surface area contributed by atoms with Crippen molar-refractivity contribution in [2.75, 3.05) is 18.0 Å². The van der Waals surface area contributed by atoms with E-state index in [2.05, 4.69) is 32.5 Å². The third kappa shape index (κ3) is 4.28. The molecule has 1 aliphatic rings. The van der Waals surface area contributed by atoms with Gasteiger partial charge in [0.2, 0.25) is 11.0 Å². The normalized spacial score (nSPS) is 18.0. The van der Waals surface area contributed by atoms with Crippen LogP contribution in [0.3, 0.4) is 0 Å². The Labute approximate surface area is 140 Å². The van der Waals surface area contributed by atoms with E-state index >= 15 is 0 Å². The van der Waals surface area contributed by atoms with Gasteiger partial charge in [-0.05, 0) is 18.4 Å². The van der Waals surface area contributed by atoms with Crippen LogP contribution in [0.1, 0.15) is 36.8 Å². The van der Waals surface area contributed by atoms with Crippen molar-refractivity contribution >= 4 is 22.4 Å². The Bertz CT molecular complexity index is 643. The number of carbonyl (C=O) groups excluding carboxylic acids is 1. The van der Waals surface area contributed by atoms with Gasteiger partial charge in [-0.15, -0.1) is 10.2 Å². The van der Waals surface area contributed by atoms with Crippen LogP contribution >= 0.6 is 11.3 Å². The predicted molar refractivity (Wildman–Crippen MR) is 92.8 cm³/mol. The second kappa shape index (κ2) is 7.55. The first-order chi connectivity index (χ1) is 11.2. The molecule has 1 saturated heterocycles. The molecule has 1 amide bonds. The van der Waals surface area contributed by atoms with E-state index < -0.39 is 0 Å². The minimum atomic E-state index is 0.124. The van der Waals surface area contributed by atoms with E-state index in [1.54, 1.807) is 11.3 Å². The van der Waals surface area contributed by atoms with Crippen LogP contribution in [0.15, 0.2) is 30.3 Å². The van der Waals surface area contributed by atoms with E-state index in [-0.39, 0.29) is 11.9 Å². The molecule has 1 N–H and O–H groups in total. The Kier molecular flexibility index (Phi) is 5.23. The summed E-state index contributed by atoms with van der Waals surface area (Å²) in [4.78, 5) is 13.8. The van der Waals surface area contributed by atoms with Gasteiger partial charge in [0.15, 0.2) is 0 Å². The molecule has 1 aliphatic heterocycles. The minimum absolute atomic E-state index is 0.124. The molecule has 2 heterocycles. The summed E-state index contributed by atoms with van der Waals surface area (Å²) in [5.41, 5.74) is 1.25. The summed E-state index contributed by atoms with van der Waals surface area (Å²) >= 11 is 1.65. The first-order valence-electron chi connectivity index (χ1n) is 8.15. The zero-order chi connectivity index (χ0) is 16.1. The molecular formula is C17H22N4OS. The highest BCUT2D eigenvalue weighted by atomic mass is 32.1. The van der Waals surface area contributed by atoms with Crippen molar-refractivity contribution in [3.63, 3.8) is 0 Å². The van der Waals surface area contributed by atoms with Crippen molar-refractivity contribution in [3.8, 4) is 0 Å². The summed E-state index contributed by atoms with van der Waals surface area (Å²) in [7, 11) is 0. The number of anilines is 1. The Hall–Kier alpha value is -1.95. The van der Waals surface area contributed by atoms with Crippen LogP contribution in [0.25, 0.3) is 0 Å². The van der Waals surface area contributed by atoms with Crippen LogP contribution in [0, 0.1) is 0 Å². The molecule has 2 aromatic rings. The van der Waals surface area contributed by atoms with Crippen LogP contribution < -0.4 is 10.2 Å². The molecule has 0 radical (unpaired) electrons. The van der Waals surface area contributed by atoms with E-state index in [0.717, 1.165) is 42.5 Å². The standard InChI is InChI=1S/C17H22N4OS/c1-2-15(22)18-14-9-6-10-21(12-14)17-20-19-16(23-17)11-13-7-4-3-5-8-13/h3-5,7-8,14H,2,6,9-12H2,1H3,(H,18,22)/t14-/m0/s1. The van der Waals surface area contributed by atoms with Crippen LogP contribution in [-0.2, 0) is 11.2 Å². The molecule has 3 rings (SSSR count).